The summed E-state index contributed by atoms with van der Waals surface area (Å²) in [6.07, 6.45) is 2.89. The summed E-state index contributed by atoms with van der Waals surface area (Å²) in [5.74, 6) is 0.142. The molecule has 0 amide bonds. The van der Waals surface area contributed by atoms with Crippen LogP contribution in [0.4, 0.5) is 10.2 Å². The van der Waals surface area contributed by atoms with Gasteiger partial charge in [0.1, 0.15) is 12.3 Å². The van der Waals surface area contributed by atoms with Gasteiger partial charge in [0.2, 0.25) is 0 Å². The molecule has 5 nitrogen and oxygen atoms in total. The van der Waals surface area contributed by atoms with Gasteiger partial charge in [-0.2, -0.15) is 0 Å². The fourth-order valence-corrected chi connectivity index (χ4v) is 1.91. The van der Waals surface area contributed by atoms with Crippen LogP contribution in [0.3, 0.4) is 0 Å². The Morgan fingerprint density at radius 3 is 2.76 bits per heavy atom. The number of alkyl halides is 1. The maximum atomic E-state index is 13.5. The van der Waals surface area contributed by atoms with Gasteiger partial charge in [-0.1, -0.05) is 6.42 Å². The number of nitro groups is 1. The van der Waals surface area contributed by atoms with E-state index in [0.29, 0.717) is 18.6 Å². The van der Waals surface area contributed by atoms with Crippen molar-refractivity contribution in [2.75, 3.05) is 0 Å². The second-order valence-electron chi connectivity index (χ2n) is 4.07. The molecule has 0 radical (unpaired) electrons. The number of nitrogens with zero attached hydrogens (tertiary/aromatic N) is 2. The van der Waals surface area contributed by atoms with Gasteiger partial charge in [0.05, 0.1) is 0 Å². The average Bonchev–Trinajstić information content (AvgIpc) is 2.33. The summed E-state index contributed by atoms with van der Waals surface area (Å²) in [5, 5.41) is 10.4. The van der Waals surface area contributed by atoms with Gasteiger partial charge in [-0.25, -0.2) is 4.39 Å². The number of ether oxygens (including phenoxy) is 1. The van der Waals surface area contributed by atoms with Crippen LogP contribution in [0, 0.1) is 10.1 Å². The molecule has 0 bridgehead atoms. The Morgan fingerprint density at radius 2 is 2.18 bits per heavy atom. The number of rotatable bonds is 3. The Morgan fingerprint density at radius 1 is 1.41 bits per heavy atom. The first-order chi connectivity index (χ1) is 8.16. The summed E-state index contributed by atoms with van der Waals surface area (Å²) < 4.78 is 18.9. The molecule has 6 heteroatoms. The first kappa shape index (κ1) is 11.8. The highest BCUT2D eigenvalue weighted by Gasteiger charge is 2.26. The third-order valence-corrected chi connectivity index (χ3v) is 2.82. The summed E-state index contributed by atoms with van der Waals surface area (Å²) in [6, 6.07) is 2.71. The Hall–Kier alpha value is -1.72. The van der Waals surface area contributed by atoms with Gasteiger partial charge in [-0.05, 0) is 35.2 Å². The van der Waals surface area contributed by atoms with Crippen molar-refractivity contribution in [3.63, 3.8) is 0 Å². The van der Waals surface area contributed by atoms with Gasteiger partial charge in [0.25, 0.3) is 0 Å². The zero-order chi connectivity index (χ0) is 12.3. The van der Waals surface area contributed by atoms with Gasteiger partial charge in [-0.3, -0.25) is 0 Å². The summed E-state index contributed by atoms with van der Waals surface area (Å²) in [7, 11) is 0. The van der Waals surface area contributed by atoms with E-state index >= 15 is 0 Å². The van der Waals surface area contributed by atoms with E-state index in [0.717, 1.165) is 12.8 Å². The zero-order valence-corrected chi connectivity index (χ0v) is 9.21. The van der Waals surface area contributed by atoms with Crippen LogP contribution in [-0.4, -0.2) is 22.2 Å². The number of hydrogen-bond donors (Lipinski definition) is 0. The molecule has 1 aliphatic rings. The largest absolute Gasteiger partial charge is 0.483 e. The molecular weight excluding hydrogens is 227 g/mol. The summed E-state index contributed by atoms with van der Waals surface area (Å²) in [6.45, 7) is 0. The van der Waals surface area contributed by atoms with Crippen LogP contribution in [0.2, 0.25) is 0 Å². The number of hydrogen-bond acceptors (Lipinski definition) is 4. The molecule has 1 aromatic rings. The lowest BCUT2D eigenvalue weighted by Crippen LogP contribution is -2.31. The van der Waals surface area contributed by atoms with Crippen molar-refractivity contribution in [2.45, 2.75) is 38.0 Å². The summed E-state index contributed by atoms with van der Waals surface area (Å²) >= 11 is 0. The number of aromatic nitrogens is 1. The summed E-state index contributed by atoms with van der Waals surface area (Å²) in [4.78, 5) is 13.4. The van der Waals surface area contributed by atoms with Crippen LogP contribution < -0.4 is 4.74 Å². The average molecular weight is 240 g/mol. The van der Waals surface area contributed by atoms with Gasteiger partial charge in [0, 0.05) is 6.07 Å². The van der Waals surface area contributed by atoms with E-state index in [2.05, 4.69) is 4.98 Å². The van der Waals surface area contributed by atoms with E-state index in [1.165, 1.54) is 18.3 Å². The van der Waals surface area contributed by atoms with Crippen LogP contribution in [-0.2, 0) is 0 Å². The van der Waals surface area contributed by atoms with E-state index in [9.17, 15) is 14.5 Å². The van der Waals surface area contributed by atoms with Gasteiger partial charge < -0.3 is 14.9 Å². The molecule has 2 atom stereocenters. The summed E-state index contributed by atoms with van der Waals surface area (Å²) in [5.41, 5.74) is 0. The second-order valence-corrected chi connectivity index (χ2v) is 4.07. The first-order valence-electron chi connectivity index (χ1n) is 5.58. The van der Waals surface area contributed by atoms with Crippen LogP contribution in [0.25, 0.3) is 0 Å². The SMILES string of the molecule is O=[N+]([O-])c1ccc(O[C@H]2CCCC[C@@H]2F)cn1. The van der Waals surface area contributed by atoms with E-state index in [4.69, 9.17) is 4.74 Å². The van der Waals surface area contributed by atoms with Crippen molar-refractivity contribution in [2.24, 2.45) is 0 Å². The number of halogens is 1. The Bertz CT molecular complexity index is 396. The maximum Gasteiger partial charge on any atom is 0.363 e. The normalized spacial score (nSPS) is 24.3. The Balaban J connectivity index is 2.00. The molecule has 17 heavy (non-hydrogen) atoms. The van der Waals surface area contributed by atoms with Crippen molar-refractivity contribution in [3.05, 3.63) is 28.4 Å². The van der Waals surface area contributed by atoms with Crippen molar-refractivity contribution in [3.8, 4) is 5.75 Å². The lowest BCUT2D eigenvalue weighted by molar-refractivity contribution is -0.389. The lowest BCUT2D eigenvalue weighted by Gasteiger charge is -2.26. The maximum absolute atomic E-state index is 13.5. The molecule has 1 fully saturated rings. The van der Waals surface area contributed by atoms with Crippen molar-refractivity contribution in [1.82, 2.24) is 4.98 Å². The van der Waals surface area contributed by atoms with Crippen LogP contribution in [0.1, 0.15) is 25.7 Å². The molecule has 1 saturated carbocycles. The molecule has 0 aliphatic heterocycles. The molecule has 0 unspecified atom stereocenters. The predicted molar refractivity (Wildman–Crippen MR) is 58.7 cm³/mol. The molecule has 1 aliphatic carbocycles. The highest BCUT2D eigenvalue weighted by molar-refractivity contribution is 5.27. The minimum atomic E-state index is -0.959. The van der Waals surface area contributed by atoms with Crippen molar-refractivity contribution in [1.29, 1.82) is 0 Å². The monoisotopic (exact) mass is 240 g/mol. The van der Waals surface area contributed by atoms with E-state index in [1.807, 2.05) is 0 Å². The van der Waals surface area contributed by atoms with Crippen LogP contribution in [0.15, 0.2) is 18.3 Å². The zero-order valence-electron chi connectivity index (χ0n) is 9.21. The molecule has 0 aromatic carbocycles. The van der Waals surface area contributed by atoms with Gasteiger partial charge in [-0.15, -0.1) is 0 Å². The topological polar surface area (TPSA) is 65.3 Å². The minimum absolute atomic E-state index is 0.238. The third kappa shape index (κ3) is 2.89. The van der Waals surface area contributed by atoms with E-state index in [1.54, 1.807) is 0 Å². The van der Waals surface area contributed by atoms with E-state index < -0.39 is 17.2 Å². The lowest BCUT2D eigenvalue weighted by atomic mass is 9.96. The van der Waals surface area contributed by atoms with Gasteiger partial charge >= 0.3 is 5.82 Å². The fourth-order valence-electron chi connectivity index (χ4n) is 1.91. The molecule has 1 heterocycles. The Kier molecular flexibility index (Phi) is 3.51. The minimum Gasteiger partial charge on any atom is -0.483 e. The second kappa shape index (κ2) is 5.07. The molecule has 0 spiro atoms. The quantitative estimate of drug-likeness (QED) is 0.601. The molecule has 92 valence electrons. The predicted octanol–water partition coefficient (Wildman–Crippen LogP) is 2.65. The molecule has 0 saturated heterocycles. The molecule has 2 rings (SSSR count). The standard InChI is InChI=1S/C11H13FN2O3/c12-9-3-1-2-4-10(9)17-8-5-6-11(13-7-8)14(15)16/h5-7,9-10H,1-4H2/t9-,10-/m0/s1. The highest BCUT2D eigenvalue weighted by Crippen LogP contribution is 2.26. The fraction of sp³-hybridized carbons (Fsp3) is 0.545. The van der Waals surface area contributed by atoms with Crippen molar-refractivity contribution >= 4 is 5.82 Å². The molecular formula is C11H13FN2O3. The third-order valence-electron chi connectivity index (χ3n) is 2.82. The smallest absolute Gasteiger partial charge is 0.363 e. The molecule has 1 aromatic heterocycles. The molecule has 0 N–H and O–H groups in total. The van der Waals surface area contributed by atoms with Crippen LogP contribution in [0.5, 0.6) is 5.75 Å². The van der Waals surface area contributed by atoms with Crippen molar-refractivity contribution < 1.29 is 14.1 Å². The van der Waals surface area contributed by atoms with Gasteiger partial charge in [0.15, 0.2) is 11.9 Å². The van der Waals surface area contributed by atoms with E-state index in [-0.39, 0.29) is 5.82 Å². The number of pyridine rings is 1. The van der Waals surface area contributed by atoms with Crippen LogP contribution >= 0.6 is 0 Å². The highest BCUT2D eigenvalue weighted by atomic mass is 19.1. The first-order valence-corrected chi connectivity index (χ1v) is 5.58. The Labute approximate surface area is 97.8 Å².